The standard InChI is InChI=1S/C13H14ClF3N4/c1-7(2)8-4-5-10(9(14)6-8)21-12(18-3)19-11(20-21)13(15,16)17/h4-7H,1-3H3,(H,18,19,20). The molecule has 0 aliphatic carbocycles. The van der Waals surface area contributed by atoms with Crippen molar-refractivity contribution in [3.05, 3.63) is 34.6 Å². The van der Waals surface area contributed by atoms with E-state index in [1.807, 2.05) is 13.8 Å². The molecule has 4 nitrogen and oxygen atoms in total. The lowest BCUT2D eigenvalue weighted by atomic mass is 10.0. The highest BCUT2D eigenvalue weighted by Crippen LogP contribution is 2.31. The van der Waals surface area contributed by atoms with Crippen molar-refractivity contribution < 1.29 is 13.2 Å². The summed E-state index contributed by atoms with van der Waals surface area (Å²) in [5, 5.41) is 6.39. The third kappa shape index (κ3) is 3.12. The highest BCUT2D eigenvalue weighted by molar-refractivity contribution is 6.32. The van der Waals surface area contributed by atoms with E-state index >= 15 is 0 Å². The summed E-state index contributed by atoms with van der Waals surface area (Å²) in [7, 11) is 1.47. The Morgan fingerprint density at radius 2 is 1.95 bits per heavy atom. The number of nitrogens with one attached hydrogen (secondary N) is 1. The second-order valence-electron chi connectivity index (χ2n) is 4.78. The fourth-order valence-electron chi connectivity index (χ4n) is 1.82. The SMILES string of the molecule is CNc1nc(C(F)(F)F)nn1-c1ccc(C(C)C)cc1Cl. The van der Waals surface area contributed by atoms with Crippen LogP contribution in [0, 0.1) is 0 Å². The maximum Gasteiger partial charge on any atom is 0.453 e. The van der Waals surface area contributed by atoms with Crippen LogP contribution in [-0.4, -0.2) is 21.8 Å². The summed E-state index contributed by atoms with van der Waals surface area (Å²) >= 11 is 6.16. The molecular weight excluding hydrogens is 305 g/mol. The highest BCUT2D eigenvalue weighted by Gasteiger charge is 2.37. The number of halogens is 4. The predicted molar refractivity (Wildman–Crippen MR) is 75.0 cm³/mol. The first kappa shape index (κ1) is 15.6. The van der Waals surface area contributed by atoms with E-state index in [2.05, 4.69) is 15.4 Å². The van der Waals surface area contributed by atoms with Crippen molar-refractivity contribution in [2.24, 2.45) is 0 Å². The van der Waals surface area contributed by atoms with Crippen molar-refractivity contribution in [2.45, 2.75) is 25.9 Å². The third-order valence-corrected chi connectivity index (χ3v) is 3.25. The fourth-order valence-corrected chi connectivity index (χ4v) is 2.09. The summed E-state index contributed by atoms with van der Waals surface area (Å²) in [5.74, 6) is -0.973. The maximum absolute atomic E-state index is 12.7. The molecule has 114 valence electrons. The lowest BCUT2D eigenvalue weighted by Gasteiger charge is -2.11. The number of rotatable bonds is 3. The first-order valence-electron chi connectivity index (χ1n) is 6.26. The van der Waals surface area contributed by atoms with Gasteiger partial charge in [-0.1, -0.05) is 31.5 Å². The Hall–Kier alpha value is -1.76. The van der Waals surface area contributed by atoms with E-state index in [-0.39, 0.29) is 11.9 Å². The van der Waals surface area contributed by atoms with Crippen molar-refractivity contribution in [2.75, 3.05) is 12.4 Å². The smallest absolute Gasteiger partial charge is 0.357 e. The van der Waals surface area contributed by atoms with Crippen LogP contribution in [0.2, 0.25) is 5.02 Å². The summed E-state index contributed by atoms with van der Waals surface area (Å²) in [6.45, 7) is 4.00. The summed E-state index contributed by atoms with van der Waals surface area (Å²) in [4.78, 5) is 3.43. The van der Waals surface area contributed by atoms with Gasteiger partial charge in [-0.3, -0.25) is 0 Å². The number of hydrogen-bond acceptors (Lipinski definition) is 3. The number of hydrogen-bond donors (Lipinski definition) is 1. The van der Waals surface area contributed by atoms with Crippen LogP contribution in [0.3, 0.4) is 0 Å². The van der Waals surface area contributed by atoms with E-state index in [0.29, 0.717) is 10.7 Å². The Morgan fingerprint density at radius 3 is 2.43 bits per heavy atom. The van der Waals surface area contributed by atoms with Crippen molar-refractivity contribution in [3.8, 4) is 5.69 Å². The van der Waals surface area contributed by atoms with Crippen molar-refractivity contribution in [1.29, 1.82) is 0 Å². The van der Waals surface area contributed by atoms with Crippen LogP contribution in [0.1, 0.15) is 31.2 Å². The van der Waals surface area contributed by atoms with E-state index in [4.69, 9.17) is 11.6 Å². The molecule has 1 aromatic heterocycles. The first-order chi connectivity index (χ1) is 9.74. The largest absolute Gasteiger partial charge is 0.453 e. The molecule has 1 aromatic carbocycles. The molecular formula is C13H14ClF3N4. The van der Waals surface area contributed by atoms with Crippen molar-refractivity contribution in [3.63, 3.8) is 0 Å². The summed E-state index contributed by atoms with van der Waals surface area (Å²) in [6, 6.07) is 5.16. The Kier molecular flexibility index (Phi) is 4.13. The molecule has 1 heterocycles. The molecule has 0 saturated heterocycles. The van der Waals surface area contributed by atoms with Crippen molar-refractivity contribution in [1.82, 2.24) is 14.8 Å². The summed E-state index contributed by atoms with van der Waals surface area (Å²) < 4.78 is 39.2. The second kappa shape index (κ2) is 5.55. The molecule has 2 aromatic rings. The minimum absolute atomic E-state index is 0.0264. The van der Waals surface area contributed by atoms with Crippen LogP contribution in [0.5, 0.6) is 0 Å². The second-order valence-corrected chi connectivity index (χ2v) is 5.19. The number of nitrogens with zero attached hydrogens (tertiary/aromatic N) is 3. The van der Waals surface area contributed by atoms with Crippen LogP contribution in [-0.2, 0) is 6.18 Å². The Bertz CT molecular complexity index is 649. The predicted octanol–water partition coefficient (Wildman–Crippen LogP) is 4.10. The van der Waals surface area contributed by atoms with E-state index in [1.54, 1.807) is 18.2 Å². The zero-order valence-corrected chi connectivity index (χ0v) is 12.4. The molecule has 8 heteroatoms. The molecule has 0 atom stereocenters. The van der Waals surface area contributed by atoms with Gasteiger partial charge in [0.05, 0.1) is 10.7 Å². The van der Waals surface area contributed by atoms with Gasteiger partial charge in [0.25, 0.3) is 5.82 Å². The molecule has 0 spiro atoms. The molecule has 0 bridgehead atoms. The van der Waals surface area contributed by atoms with Gasteiger partial charge in [-0.25, -0.2) is 0 Å². The molecule has 0 aliphatic rings. The number of alkyl halides is 3. The number of aromatic nitrogens is 3. The quantitative estimate of drug-likeness (QED) is 0.926. The van der Waals surface area contributed by atoms with Crippen LogP contribution in [0.25, 0.3) is 5.69 Å². The molecule has 0 unspecified atom stereocenters. The van der Waals surface area contributed by atoms with Gasteiger partial charge in [0.15, 0.2) is 0 Å². The minimum Gasteiger partial charge on any atom is -0.357 e. The van der Waals surface area contributed by atoms with Gasteiger partial charge >= 0.3 is 6.18 Å². The lowest BCUT2D eigenvalue weighted by molar-refractivity contribution is -0.144. The Labute approximate surface area is 124 Å². The molecule has 1 N–H and O–H groups in total. The van der Waals surface area contributed by atoms with Crippen LogP contribution < -0.4 is 5.32 Å². The average Bonchev–Trinajstić information content (AvgIpc) is 2.82. The topological polar surface area (TPSA) is 42.7 Å². The first-order valence-corrected chi connectivity index (χ1v) is 6.63. The van der Waals surface area contributed by atoms with Gasteiger partial charge in [0.1, 0.15) is 0 Å². The van der Waals surface area contributed by atoms with E-state index in [9.17, 15) is 13.2 Å². The third-order valence-electron chi connectivity index (χ3n) is 2.95. The van der Waals surface area contributed by atoms with Gasteiger partial charge < -0.3 is 5.32 Å². The number of anilines is 1. The fraction of sp³-hybridized carbons (Fsp3) is 0.385. The minimum atomic E-state index is -4.61. The Morgan fingerprint density at radius 1 is 1.29 bits per heavy atom. The maximum atomic E-state index is 12.7. The number of benzene rings is 1. The van der Waals surface area contributed by atoms with E-state index in [1.165, 1.54) is 7.05 Å². The zero-order valence-electron chi connectivity index (χ0n) is 11.7. The van der Waals surface area contributed by atoms with Crippen LogP contribution >= 0.6 is 11.6 Å². The van der Waals surface area contributed by atoms with Gasteiger partial charge in [0, 0.05) is 7.05 Å². The van der Waals surface area contributed by atoms with E-state index < -0.39 is 12.0 Å². The Balaban J connectivity index is 2.54. The van der Waals surface area contributed by atoms with Crippen LogP contribution in [0.4, 0.5) is 19.1 Å². The van der Waals surface area contributed by atoms with Gasteiger partial charge in [0.2, 0.25) is 5.95 Å². The van der Waals surface area contributed by atoms with Crippen LogP contribution in [0.15, 0.2) is 18.2 Å². The molecule has 2 rings (SSSR count). The molecule has 0 aliphatic heterocycles. The average molecular weight is 319 g/mol. The monoisotopic (exact) mass is 318 g/mol. The zero-order chi connectivity index (χ0) is 15.8. The van der Waals surface area contributed by atoms with Gasteiger partial charge in [-0.05, 0) is 23.6 Å². The molecule has 0 saturated carbocycles. The molecule has 0 fully saturated rings. The normalized spacial score (nSPS) is 12.0. The molecule has 0 amide bonds. The van der Waals surface area contributed by atoms with Crippen molar-refractivity contribution >= 4 is 17.5 Å². The lowest BCUT2D eigenvalue weighted by Crippen LogP contribution is -2.09. The summed E-state index contributed by atoms with van der Waals surface area (Å²) in [6.07, 6.45) is -4.61. The summed E-state index contributed by atoms with van der Waals surface area (Å²) in [5.41, 5.74) is 1.33. The molecule has 21 heavy (non-hydrogen) atoms. The van der Waals surface area contributed by atoms with Gasteiger partial charge in [-0.15, -0.1) is 5.10 Å². The molecule has 0 radical (unpaired) electrons. The van der Waals surface area contributed by atoms with Gasteiger partial charge in [-0.2, -0.15) is 22.8 Å². The highest BCUT2D eigenvalue weighted by atomic mass is 35.5. The van der Waals surface area contributed by atoms with E-state index in [0.717, 1.165) is 10.2 Å².